The molecule has 1 aliphatic rings. The summed E-state index contributed by atoms with van der Waals surface area (Å²) < 4.78 is 14.9. The smallest absolute Gasteiger partial charge is 0.166 e. The van der Waals surface area contributed by atoms with Crippen molar-refractivity contribution in [3.05, 3.63) is 77.3 Å². The Hall–Kier alpha value is -3.29. The zero-order valence-corrected chi connectivity index (χ0v) is 20.4. The number of nitrogens with zero attached hydrogens (tertiary/aromatic N) is 1. The highest BCUT2D eigenvalue weighted by Gasteiger charge is 2.14. The Labute approximate surface area is 204 Å². The van der Waals surface area contributed by atoms with E-state index < -0.39 is 0 Å². The first kappa shape index (κ1) is 23.9. The van der Waals surface area contributed by atoms with Crippen LogP contribution >= 0.6 is 11.3 Å². The molecule has 4 aromatic rings. The highest BCUT2D eigenvalue weighted by atomic mass is 32.1. The topological polar surface area (TPSA) is 64.5 Å². The quantitative estimate of drug-likeness (QED) is 0.345. The second kappa shape index (κ2) is 11.7. The maximum atomic E-state index is 10.5. The van der Waals surface area contributed by atoms with Crippen molar-refractivity contribution in [1.29, 1.82) is 0 Å². The van der Waals surface area contributed by atoms with Crippen molar-refractivity contribution in [3.63, 3.8) is 0 Å². The van der Waals surface area contributed by atoms with Crippen LogP contribution in [-0.4, -0.2) is 37.1 Å². The van der Waals surface area contributed by atoms with Gasteiger partial charge in [-0.2, -0.15) is 0 Å². The number of aromatic nitrogens is 1. The van der Waals surface area contributed by atoms with E-state index >= 15 is 0 Å². The number of ether oxygens (including phenoxy) is 2. The van der Waals surface area contributed by atoms with Crippen molar-refractivity contribution in [2.45, 2.75) is 25.6 Å². The van der Waals surface area contributed by atoms with Gasteiger partial charge in [0.25, 0.3) is 0 Å². The van der Waals surface area contributed by atoms with Gasteiger partial charge in [0.2, 0.25) is 0 Å². The molecule has 3 heterocycles. The molecule has 178 valence electrons. The van der Waals surface area contributed by atoms with Crippen molar-refractivity contribution in [3.8, 4) is 11.5 Å². The molecular formula is C27H31N3O3S. The van der Waals surface area contributed by atoms with Gasteiger partial charge in [-0.1, -0.05) is 12.1 Å². The molecule has 2 aromatic carbocycles. The van der Waals surface area contributed by atoms with Gasteiger partial charge in [0, 0.05) is 26.3 Å². The van der Waals surface area contributed by atoms with Crippen LogP contribution in [-0.2, 0) is 13.7 Å². The Kier molecular flexibility index (Phi) is 8.22. The third kappa shape index (κ3) is 6.18. The second-order valence-corrected chi connectivity index (χ2v) is 9.16. The van der Waals surface area contributed by atoms with E-state index in [0.717, 1.165) is 59.8 Å². The lowest BCUT2D eigenvalue weighted by Gasteiger charge is -2.24. The lowest BCUT2D eigenvalue weighted by atomic mass is 10.1. The van der Waals surface area contributed by atoms with E-state index in [1.165, 1.54) is 11.1 Å². The van der Waals surface area contributed by atoms with Crippen LogP contribution in [0.1, 0.15) is 28.9 Å². The Morgan fingerprint density at radius 3 is 2.68 bits per heavy atom. The van der Waals surface area contributed by atoms with Crippen molar-refractivity contribution in [2.75, 3.05) is 25.5 Å². The summed E-state index contributed by atoms with van der Waals surface area (Å²) in [6.45, 7) is 2.59. The number of piperidine rings is 1. The van der Waals surface area contributed by atoms with Gasteiger partial charge in [-0.25, -0.2) is 0 Å². The largest absolute Gasteiger partial charge is 0.489 e. The normalized spacial score (nSPS) is 15.3. The van der Waals surface area contributed by atoms with Crippen molar-refractivity contribution < 1.29 is 14.3 Å². The molecule has 1 fully saturated rings. The van der Waals surface area contributed by atoms with Crippen LogP contribution < -0.4 is 20.1 Å². The van der Waals surface area contributed by atoms with Gasteiger partial charge >= 0.3 is 0 Å². The molecular weight excluding hydrogens is 446 g/mol. The van der Waals surface area contributed by atoms with Crippen LogP contribution in [0.15, 0.2) is 66.0 Å². The molecule has 34 heavy (non-hydrogen) atoms. The summed E-state index contributed by atoms with van der Waals surface area (Å²) in [4.78, 5) is 10.5. The number of hydrogen-bond acceptors (Lipinski definition) is 6. The monoisotopic (exact) mass is 477 g/mol. The summed E-state index contributed by atoms with van der Waals surface area (Å²) in [7, 11) is 3.82. The fourth-order valence-corrected chi connectivity index (χ4v) is 4.75. The van der Waals surface area contributed by atoms with Gasteiger partial charge in [-0.3, -0.25) is 4.79 Å². The second-order valence-electron chi connectivity index (χ2n) is 8.21. The number of anilines is 1. The molecule has 2 aromatic heterocycles. The standard InChI is InChI=1S/C19H24N2O2.C8H7NOS/c1-20-16-5-2-4-15(12-16)14-22-17-7-9-18(10-8-17)23-19-6-3-11-21-13-19;1-9-6(5-10)4-8-7(9)2-3-11-8/h2,4-5,7-10,12,19-21H,3,6,11,13-14H2,1H3;2-5H,1H3. The Morgan fingerprint density at radius 1 is 1.15 bits per heavy atom. The van der Waals surface area contributed by atoms with Gasteiger partial charge in [0.15, 0.2) is 6.29 Å². The number of carbonyl (C=O) groups excluding carboxylic acids is 1. The summed E-state index contributed by atoms with van der Waals surface area (Å²) >= 11 is 1.66. The van der Waals surface area contributed by atoms with Crippen LogP contribution in [0.25, 0.3) is 10.2 Å². The maximum Gasteiger partial charge on any atom is 0.166 e. The molecule has 1 unspecified atom stereocenters. The van der Waals surface area contributed by atoms with Crippen LogP contribution in [0.2, 0.25) is 0 Å². The highest BCUT2D eigenvalue weighted by molar-refractivity contribution is 7.17. The number of benzene rings is 2. The van der Waals surface area contributed by atoms with Gasteiger partial charge in [-0.05, 0) is 78.9 Å². The summed E-state index contributed by atoms with van der Waals surface area (Å²) in [6.07, 6.45) is 3.46. The first-order chi connectivity index (χ1) is 16.7. The molecule has 1 aliphatic heterocycles. The molecule has 7 heteroatoms. The van der Waals surface area contributed by atoms with Crippen molar-refractivity contribution in [2.24, 2.45) is 7.05 Å². The van der Waals surface area contributed by atoms with Crippen LogP contribution in [0.5, 0.6) is 11.5 Å². The fourth-order valence-electron chi connectivity index (χ4n) is 3.89. The van der Waals surface area contributed by atoms with Gasteiger partial charge in [0.1, 0.15) is 24.2 Å². The Bertz CT molecular complexity index is 1190. The van der Waals surface area contributed by atoms with Crippen molar-refractivity contribution in [1.82, 2.24) is 9.88 Å². The zero-order valence-electron chi connectivity index (χ0n) is 19.6. The molecule has 1 atom stereocenters. The zero-order chi connectivity index (χ0) is 23.8. The lowest BCUT2D eigenvalue weighted by Crippen LogP contribution is -2.37. The minimum Gasteiger partial charge on any atom is -0.489 e. The number of hydrogen-bond donors (Lipinski definition) is 2. The molecule has 0 amide bonds. The van der Waals surface area contributed by atoms with E-state index in [9.17, 15) is 4.79 Å². The summed E-state index contributed by atoms with van der Waals surface area (Å²) in [5.41, 5.74) is 4.12. The number of nitrogens with one attached hydrogen (secondary N) is 2. The molecule has 0 saturated carbocycles. The Balaban J connectivity index is 0.000000207. The molecule has 0 aliphatic carbocycles. The van der Waals surface area contributed by atoms with Crippen LogP contribution in [0, 0.1) is 0 Å². The Morgan fingerprint density at radius 2 is 1.97 bits per heavy atom. The highest BCUT2D eigenvalue weighted by Crippen LogP contribution is 2.23. The molecule has 2 N–H and O–H groups in total. The average molecular weight is 478 g/mol. The number of aldehydes is 1. The minimum atomic E-state index is 0.278. The number of thiophene rings is 1. The number of fused-ring (bicyclic) bond motifs is 1. The van der Waals surface area contributed by atoms with Gasteiger partial charge in [-0.15, -0.1) is 11.3 Å². The third-order valence-corrected chi connectivity index (χ3v) is 6.67. The molecule has 0 spiro atoms. The summed E-state index contributed by atoms with van der Waals surface area (Å²) in [5.74, 6) is 1.76. The van der Waals surface area contributed by atoms with Crippen molar-refractivity contribution >= 4 is 33.5 Å². The predicted molar refractivity (Wildman–Crippen MR) is 139 cm³/mol. The summed E-state index contributed by atoms with van der Waals surface area (Å²) in [6, 6.07) is 20.0. The molecule has 5 rings (SSSR count). The maximum absolute atomic E-state index is 10.5. The first-order valence-electron chi connectivity index (χ1n) is 11.5. The van der Waals surface area contributed by atoms with E-state index in [0.29, 0.717) is 6.61 Å². The average Bonchev–Trinajstić information content (AvgIpc) is 3.47. The number of carbonyl (C=O) groups is 1. The summed E-state index contributed by atoms with van der Waals surface area (Å²) in [5, 5.41) is 8.52. The molecule has 0 radical (unpaired) electrons. The minimum absolute atomic E-state index is 0.278. The molecule has 6 nitrogen and oxygen atoms in total. The number of aryl methyl sites for hydroxylation is 1. The van der Waals surface area contributed by atoms with Crippen LogP contribution in [0.3, 0.4) is 0 Å². The third-order valence-electron chi connectivity index (χ3n) is 5.82. The van der Waals surface area contributed by atoms with E-state index in [-0.39, 0.29) is 6.10 Å². The van der Waals surface area contributed by atoms with E-state index in [4.69, 9.17) is 9.47 Å². The SMILES string of the molecule is CNc1cccc(COc2ccc(OC3CCCNC3)cc2)c1.Cn1c(C=O)cc2sccc21. The van der Waals surface area contributed by atoms with E-state index in [1.807, 2.05) is 72.6 Å². The lowest BCUT2D eigenvalue weighted by molar-refractivity contribution is 0.111. The first-order valence-corrected chi connectivity index (χ1v) is 12.4. The number of rotatable bonds is 7. The molecule has 0 bridgehead atoms. The fraction of sp³-hybridized carbons (Fsp3) is 0.296. The van der Waals surface area contributed by atoms with Gasteiger partial charge in [0.05, 0.1) is 15.9 Å². The van der Waals surface area contributed by atoms with Gasteiger partial charge < -0.3 is 24.7 Å². The van der Waals surface area contributed by atoms with E-state index in [1.54, 1.807) is 11.3 Å². The predicted octanol–water partition coefficient (Wildman–Crippen LogP) is 5.49. The van der Waals surface area contributed by atoms with E-state index in [2.05, 4.69) is 22.8 Å². The molecule has 1 saturated heterocycles. The van der Waals surface area contributed by atoms with Crippen LogP contribution in [0.4, 0.5) is 5.69 Å².